The maximum atomic E-state index is 12.4. The Bertz CT molecular complexity index is 733. The first kappa shape index (κ1) is 18.2. The van der Waals surface area contributed by atoms with Crippen LogP contribution in [0, 0.1) is 0 Å². The summed E-state index contributed by atoms with van der Waals surface area (Å²) in [6.45, 7) is 4.39. The number of likely N-dealkylation sites (N-methyl/N-ethyl adjacent to an activating group) is 1. The molecule has 128 valence electrons. The van der Waals surface area contributed by atoms with E-state index in [4.69, 9.17) is 33.3 Å². The second-order valence-electron chi connectivity index (χ2n) is 4.83. The fourth-order valence-corrected chi connectivity index (χ4v) is 2.88. The van der Waals surface area contributed by atoms with Crippen molar-refractivity contribution < 1.29 is 19.1 Å². The molecular weight excluding hydrogens is 352 g/mol. The number of amides is 2. The Morgan fingerprint density at radius 3 is 2.62 bits per heavy atom. The van der Waals surface area contributed by atoms with Crippen molar-refractivity contribution in [2.24, 2.45) is 0 Å². The van der Waals surface area contributed by atoms with Crippen LogP contribution in [0.2, 0.25) is 5.02 Å². The third-order valence-electron chi connectivity index (χ3n) is 3.35. The van der Waals surface area contributed by atoms with Gasteiger partial charge in [-0.2, -0.15) is 0 Å². The molecule has 1 N–H and O–H groups in total. The molecular formula is C16H17ClN2O4S. The summed E-state index contributed by atoms with van der Waals surface area (Å²) in [5.41, 5.74) is 0.528. The number of nitrogens with one attached hydrogen (secondary N) is 1. The molecule has 0 aliphatic carbocycles. The molecule has 8 heteroatoms. The molecule has 6 nitrogen and oxygen atoms in total. The molecule has 1 heterocycles. The zero-order valence-corrected chi connectivity index (χ0v) is 15.1. The van der Waals surface area contributed by atoms with Crippen molar-refractivity contribution in [3.63, 3.8) is 0 Å². The monoisotopic (exact) mass is 368 g/mol. The molecule has 1 aliphatic rings. The Hall–Kier alpha value is -2.12. The first-order valence-electron chi connectivity index (χ1n) is 7.32. The van der Waals surface area contributed by atoms with Crippen molar-refractivity contribution >= 4 is 46.8 Å². The van der Waals surface area contributed by atoms with Crippen LogP contribution in [0.15, 0.2) is 17.7 Å². The van der Waals surface area contributed by atoms with Gasteiger partial charge in [-0.05, 0) is 49.8 Å². The van der Waals surface area contributed by atoms with Crippen LogP contribution in [0.3, 0.4) is 0 Å². The summed E-state index contributed by atoms with van der Waals surface area (Å²) >= 11 is 11.2. The lowest BCUT2D eigenvalue weighted by Gasteiger charge is -2.27. The van der Waals surface area contributed by atoms with E-state index >= 15 is 0 Å². The van der Waals surface area contributed by atoms with Gasteiger partial charge in [-0.3, -0.25) is 19.8 Å². The summed E-state index contributed by atoms with van der Waals surface area (Å²) in [7, 11) is 1.49. The highest BCUT2D eigenvalue weighted by Crippen LogP contribution is 2.37. The van der Waals surface area contributed by atoms with Crippen LogP contribution in [-0.2, 0) is 9.59 Å². The molecule has 1 fully saturated rings. The molecule has 0 aromatic heterocycles. The Labute approximate surface area is 150 Å². The zero-order chi connectivity index (χ0) is 17.9. The summed E-state index contributed by atoms with van der Waals surface area (Å²) in [5.74, 6) is -0.155. The average molecular weight is 369 g/mol. The number of halogens is 1. The first-order chi connectivity index (χ1) is 11.4. The van der Waals surface area contributed by atoms with Gasteiger partial charge in [-0.1, -0.05) is 11.6 Å². The van der Waals surface area contributed by atoms with E-state index < -0.39 is 11.8 Å². The minimum Gasteiger partial charge on any atom is -0.491 e. The van der Waals surface area contributed by atoms with Gasteiger partial charge in [-0.25, -0.2) is 0 Å². The van der Waals surface area contributed by atoms with Crippen molar-refractivity contribution in [2.45, 2.75) is 13.8 Å². The Morgan fingerprint density at radius 1 is 1.33 bits per heavy atom. The van der Waals surface area contributed by atoms with Crippen LogP contribution in [-0.4, -0.2) is 42.1 Å². The van der Waals surface area contributed by atoms with Gasteiger partial charge < -0.3 is 9.47 Å². The highest BCUT2D eigenvalue weighted by molar-refractivity contribution is 7.80. The summed E-state index contributed by atoms with van der Waals surface area (Å²) < 4.78 is 10.7. The van der Waals surface area contributed by atoms with Crippen molar-refractivity contribution in [2.75, 3.05) is 20.3 Å². The molecule has 24 heavy (non-hydrogen) atoms. The van der Waals surface area contributed by atoms with E-state index in [1.165, 1.54) is 18.1 Å². The second-order valence-corrected chi connectivity index (χ2v) is 5.63. The average Bonchev–Trinajstić information content (AvgIpc) is 2.52. The number of hydrogen-bond acceptors (Lipinski definition) is 5. The lowest BCUT2D eigenvalue weighted by atomic mass is 10.1. The summed E-state index contributed by atoms with van der Waals surface area (Å²) in [5, 5.41) is 2.92. The fourth-order valence-electron chi connectivity index (χ4n) is 2.28. The van der Waals surface area contributed by atoms with Crippen LogP contribution in [0.4, 0.5) is 0 Å². The molecule has 0 spiro atoms. The molecule has 0 radical (unpaired) electrons. The van der Waals surface area contributed by atoms with Crippen LogP contribution in [0.25, 0.3) is 6.08 Å². The van der Waals surface area contributed by atoms with Gasteiger partial charge in [0, 0.05) is 6.54 Å². The van der Waals surface area contributed by atoms with Crippen molar-refractivity contribution in [3.05, 3.63) is 28.3 Å². The van der Waals surface area contributed by atoms with Crippen molar-refractivity contribution in [1.29, 1.82) is 0 Å². The van der Waals surface area contributed by atoms with Crippen molar-refractivity contribution in [1.82, 2.24) is 10.2 Å². The van der Waals surface area contributed by atoms with Gasteiger partial charge in [0.25, 0.3) is 11.8 Å². The standard InChI is InChI=1S/C16H17ClN2O4S/c1-4-19-15(21)10(14(20)18-16(19)24)6-9-7-11(17)13(22-3)12(8-9)23-5-2/h6-8H,4-5H2,1-3H3,(H,18,20,24)/b10-6+. The number of hydrogen-bond donors (Lipinski definition) is 1. The third kappa shape index (κ3) is 3.52. The highest BCUT2D eigenvalue weighted by atomic mass is 35.5. The molecule has 2 rings (SSSR count). The smallest absolute Gasteiger partial charge is 0.265 e. The summed E-state index contributed by atoms with van der Waals surface area (Å²) in [6, 6.07) is 3.25. The van der Waals surface area contributed by atoms with Gasteiger partial charge in [0.2, 0.25) is 0 Å². The minimum atomic E-state index is -0.542. The predicted octanol–water partition coefficient (Wildman–Crippen LogP) is 2.39. The number of ether oxygens (including phenoxy) is 2. The lowest BCUT2D eigenvalue weighted by Crippen LogP contribution is -2.53. The summed E-state index contributed by atoms with van der Waals surface area (Å²) in [4.78, 5) is 25.8. The minimum absolute atomic E-state index is 0.0193. The zero-order valence-electron chi connectivity index (χ0n) is 13.5. The van der Waals surface area contributed by atoms with E-state index in [0.29, 0.717) is 35.2 Å². The number of benzene rings is 1. The molecule has 0 unspecified atom stereocenters. The van der Waals surface area contributed by atoms with Gasteiger partial charge in [-0.15, -0.1) is 0 Å². The number of rotatable bonds is 5. The number of nitrogens with zero attached hydrogens (tertiary/aromatic N) is 1. The third-order valence-corrected chi connectivity index (χ3v) is 3.95. The van der Waals surface area contributed by atoms with E-state index in [9.17, 15) is 9.59 Å². The van der Waals surface area contributed by atoms with E-state index in [1.54, 1.807) is 19.1 Å². The van der Waals surface area contributed by atoms with Gasteiger partial charge in [0.15, 0.2) is 16.6 Å². The molecule has 1 aliphatic heterocycles. The number of carbonyl (C=O) groups is 2. The Balaban J connectivity index is 2.48. The van der Waals surface area contributed by atoms with Crippen molar-refractivity contribution in [3.8, 4) is 11.5 Å². The van der Waals surface area contributed by atoms with Crippen LogP contribution < -0.4 is 14.8 Å². The molecule has 1 saturated heterocycles. The van der Waals surface area contributed by atoms with Crippen LogP contribution >= 0.6 is 23.8 Å². The Kier molecular flexibility index (Phi) is 5.80. The number of methoxy groups -OCH3 is 1. The molecule has 0 saturated carbocycles. The van der Waals surface area contributed by atoms with E-state index in [2.05, 4.69) is 5.32 Å². The highest BCUT2D eigenvalue weighted by Gasteiger charge is 2.32. The largest absolute Gasteiger partial charge is 0.491 e. The molecule has 1 aromatic carbocycles. The lowest BCUT2D eigenvalue weighted by molar-refractivity contribution is -0.128. The SMILES string of the molecule is CCOc1cc(/C=C2\C(=O)NC(=S)N(CC)C2=O)cc(Cl)c1OC. The predicted molar refractivity (Wildman–Crippen MR) is 95.3 cm³/mol. The first-order valence-corrected chi connectivity index (χ1v) is 8.10. The second kappa shape index (κ2) is 7.63. The van der Waals surface area contributed by atoms with Crippen LogP contribution in [0.1, 0.15) is 19.4 Å². The number of carbonyl (C=O) groups excluding carboxylic acids is 2. The molecule has 2 amide bonds. The molecule has 0 atom stereocenters. The molecule has 1 aromatic rings. The van der Waals surface area contributed by atoms with E-state index in [-0.39, 0.29) is 10.7 Å². The van der Waals surface area contributed by atoms with Gasteiger partial charge >= 0.3 is 0 Å². The maximum Gasteiger partial charge on any atom is 0.265 e. The normalized spacial score (nSPS) is 16.4. The van der Waals surface area contributed by atoms with Gasteiger partial charge in [0.1, 0.15) is 5.57 Å². The quantitative estimate of drug-likeness (QED) is 0.491. The Morgan fingerprint density at radius 2 is 2.04 bits per heavy atom. The topological polar surface area (TPSA) is 67.9 Å². The van der Waals surface area contributed by atoms with E-state index in [0.717, 1.165) is 0 Å². The maximum absolute atomic E-state index is 12.4. The van der Waals surface area contributed by atoms with E-state index in [1.807, 2.05) is 6.92 Å². The van der Waals surface area contributed by atoms with Crippen LogP contribution in [0.5, 0.6) is 11.5 Å². The fraction of sp³-hybridized carbons (Fsp3) is 0.312. The summed E-state index contributed by atoms with van der Waals surface area (Å²) in [6.07, 6.45) is 1.45. The number of thiocarbonyl (C=S) groups is 1. The molecule has 0 bridgehead atoms. The van der Waals surface area contributed by atoms with Gasteiger partial charge in [0.05, 0.1) is 18.7 Å².